The summed E-state index contributed by atoms with van der Waals surface area (Å²) in [6.45, 7) is -0.594. The Morgan fingerprint density at radius 1 is 1.13 bits per heavy atom. The molecule has 0 bridgehead atoms. The van der Waals surface area contributed by atoms with Crippen molar-refractivity contribution in [3.05, 3.63) is 83.4 Å². The number of carbonyl (C=O) groups is 2. The van der Waals surface area contributed by atoms with Gasteiger partial charge in [0.25, 0.3) is 11.7 Å². The van der Waals surface area contributed by atoms with E-state index in [2.05, 4.69) is 20.7 Å². The monoisotopic (exact) mass is 551 g/mol. The van der Waals surface area contributed by atoms with Gasteiger partial charge < -0.3 is 19.4 Å². The Kier molecular flexibility index (Phi) is 8.96. The fraction of sp³-hybridized carbons (Fsp3) is 0.115. The van der Waals surface area contributed by atoms with Crippen molar-refractivity contribution in [3.8, 4) is 28.6 Å². The van der Waals surface area contributed by atoms with Crippen LogP contribution in [0.1, 0.15) is 5.56 Å². The van der Waals surface area contributed by atoms with Gasteiger partial charge in [-0.05, 0) is 72.4 Å². The summed E-state index contributed by atoms with van der Waals surface area (Å²) < 4.78 is 12.3. The molecule has 0 aliphatic rings. The van der Waals surface area contributed by atoms with Gasteiger partial charge in [-0.15, -0.1) is 5.10 Å². The molecule has 2 N–H and O–H groups in total. The molecule has 0 aliphatic heterocycles. The van der Waals surface area contributed by atoms with Gasteiger partial charge in [0.05, 0.1) is 35.7 Å². The van der Waals surface area contributed by atoms with Crippen LogP contribution in [-0.2, 0) is 9.59 Å². The summed E-state index contributed by atoms with van der Waals surface area (Å²) in [7, 11) is 1.60. The minimum absolute atomic E-state index is 0.0284. The molecule has 4 rings (SSSR count). The highest BCUT2D eigenvalue weighted by Gasteiger charge is 2.24. The normalized spacial score (nSPS) is 10.9. The van der Waals surface area contributed by atoms with Crippen LogP contribution < -0.4 is 24.6 Å². The van der Waals surface area contributed by atoms with Crippen molar-refractivity contribution in [1.29, 1.82) is 0 Å². The highest BCUT2D eigenvalue weighted by molar-refractivity contribution is 7.99. The number of hydrazone groups is 1. The molecule has 1 aromatic heterocycles. The third-order valence-corrected chi connectivity index (χ3v) is 6.30. The molecule has 0 unspecified atom stereocenters. The van der Waals surface area contributed by atoms with Gasteiger partial charge in [0.15, 0.2) is 0 Å². The number of aromatic amines is 1. The third-order valence-electron chi connectivity index (χ3n) is 5.11. The first-order valence-electron chi connectivity index (χ1n) is 11.2. The number of hydrogen-bond acceptors (Lipinski definition) is 8. The first kappa shape index (κ1) is 26.7. The Labute approximate surface area is 227 Å². The van der Waals surface area contributed by atoms with Gasteiger partial charge >= 0.3 is 5.16 Å². The summed E-state index contributed by atoms with van der Waals surface area (Å²) in [6.07, 6.45) is 1.37. The average molecular weight is 552 g/mol. The Morgan fingerprint density at radius 3 is 2.58 bits per heavy atom. The zero-order valence-electron chi connectivity index (χ0n) is 20.1. The lowest BCUT2D eigenvalue weighted by Crippen LogP contribution is -2.34. The molecule has 3 aromatic carbocycles. The van der Waals surface area contributed by atoms with Gasteiger partial charge in [0.2, 0.25) is 0 Å². The molecule has 38 heavy (non-hydrogen) atoms. The van der Waals surface area contributed by atoms with E-state index in [1.54, 1.807) is 43.5 Å². The fourth-order valence-electron chi connectivity index (χ4n) is 3.36. The van der Waals surface area contributed by atoms with Crippen LogP contribution in [0.5, 0.6) is 11.5 Å². The number of hydrogen-bond donors (Lipinski definition) is 2. The quantitative estimate of drug-likeness (QED) is 0.127. The predicted octanol–water partition coefficient (Wildman–Crippen LogP) is 2.39. The van der Waals surface area contributed by atoms with Crippen LogP contribution in [0.15, 0.2) is 83.1 Å². The number of rotatable bonds is 11. The third kappa shape index (κ3) is 6.90. The number of carboxylic acid groups (broad SMARTS) is 1. The lowest BCUT2D eigenvalue weighted by Gasteiger charge is -2.09. The summed E-state index contributed by atoms with van der Waals surface area (Å²) in [6, 6.07) is 21.5. The van der Waals surface area contributed by atoms with Crippen molar-refractivity contribution < 1.29 is 28.7 Å². The van der Waals surface area contributed by atoms with Gasteiger partial charge in [-0.3, -0.25) is 4.79 Å². The number of benzene rings is 3. The molecule has 1 heterocycles. The van der Waals surface area contributed by atoms with Gasteiger partial charge in [0.1, 0.15) is 23.8 Å². The average Bonchev–Trinajstić information content (AvgIpc) is 3.35. The molecule has 0 atom stereocenters. The summed E-state index contributed by atoms with van der Waals surface area (Å²) >= 11 is 7.30. The van der Waals surface area contributed by atoms with Crippen LogP contribution in [0.2, 0.25) is 5.02 Å². The highest BCUT2D eigenvalue weighted by Crippen LogP contribution is 2.23. The van der Waals surface area contributed by atoms with E-state index in [1.807, 2.05) is 41.0 Å². The summed E-state index contributed by atoms with van der Waals surface area (Å²) in [5.41, 5.74) is 4.63. The molecular formula is C26H22ClN5O5S. The SMILES string of the molecule is COc1ccc(-c2[nH]nc(SCC(=O)N/N=C/c3ccccc3OCC(=O)[O-])[n+]2-c2ccc(Cl)cc2)cc1. The van der Waals surface area contributed by atoms with E-state index in [1.165, 1.54) is 18.0 Å². The van der Waals surface area contributed by atoms with E-state index >= 15 is 0 Å². The van der Waals surface area contributed by atoms with Crippen molar-refractivity contribution in [1.82, 2.24) is 15.6 Å². The van der Waals surface area contributed by atoms with Crippen molar-refractivity contribution in [2.24, 2.45) is 5.10 Å². The van der Waals surface area contributed by atoms with E-state index in [4.69, 9.17) is 21.1 Å². The number of methoxy groups -OCH3 is 1. The van der Waals surface area contributed by atoms with E-state index in [0.717, 1.165) is 17.0 Å². The molecule has 1 amide bonds. The molecule has 194 valence electrons. The maximum absolute atomic E-state index is 12.5. The maximum Gasteiger partial charge on any atom is 0.342 e. The van der Waals surface area contributed by atoms with Gasteiger partial charge in [-0.25, -0.2) is 5.43 Å². The Morgan fingerprint density at radius 2 is 1.87 bits per heavy atom. The molecule has 10 nitrogen and oxygen atoms in total. The minimum Gasteiger partial charge on any atom is -0.546 e. The van der Waals surface area contributed by atoms with Gasteiger partial charge in [-0.2, -0.15) is 9.67 Å². The van der Waals surface area contributed by atoms with E-state index in [9.17, 15) is 14.7 Å². The van der Waals surface area contributed by atoms with Gasteiger partial charge in [0, 0.05) is 10.6 Å². The lowest BCUT2D eigenvalue weighted by molar-refractivity contribution is -0.625. The Bertz CT molecular complexity index is 1440. The number of carboxylic acids is 1. The van der Waals surface area contributed by atoms with Crippen molar-refractivity contribution in [3.63, 3.8) is 0 Å². The number of aliphatic carboxylic acids is 1. The first-order chi connectivity index (χ1) is 18.4. The molecule has 0 saturated carbocycles. The fourth-order valence-corrected chi connectivity index (χ4v) is 4.24. The van der Waals surface area contributed by atoms with Crippen molar-refractivity contribution in [2.45, 2.75) is 5.16 Å². The zero-order valence-corrected chi connectivity index (χ0v) is 21.7. The Balaban J connectivity index is 1.47. The van der Waals surface area contributed by atoms with Crippen LogP contribution in [0, 0.1) is 0 Å². The number of carbonyl (C=O) groups excluding carboxylic acids is 2. The van der Waals surface area contributed by atoms with Crippen LogP contribution in [-0.4, -0.2) is 47.8 Å². The molecule has 0 aliphatic carbocycles. The zero-order chi connectivity index (χ0) is 26.9. The van der Waals surface area contributed by atoms with E-state index in [-0.39, 0.29) is 11.7 Å². The summed E-state index contributed by atoms with van der Waals surface area (Å²) in [5.74, 6) is 0.0640. The number of nitrogens with one attached hydrogen (secondary N) is 2. The number of nitrogens with zero attached hydrogens (tertiary/aromatic N) is 3. The van der Waals surface area contributed by atoms with Crippen molar-refractivity contribution >= 4 is 41.5 Å². The standard InChI is InChI=1S/C26H22ClN5O5S/c1-36-21-12-6-17(7-13-21)25-30-31-26(32(25)20-10-8-19(27)9-11-20)38-16-23(33)29-28-14-18-4-2-3-5-22(18)37-15-24(34)35/h2-14H,15-16H2,1H3,(H2,29,33,34,35)/b28-14+. The first-order valence-corrected chi connectivity index (χ1v) is 12.6. The van der Waals surface area contributed by atoms with E-state index in [0.29, 0.717) is 27.3 Å². The second-order valence-electron chi connectivity index (χ2n) is 7.68. The number of amides is 1. The van der Waals surface area contributed by atoms with Crippen LogP contribution >= 0.6 is 23.4 Å². The molecule has 12 heteroatoms. The molecule has 0 fully saturated rings. The van der Waals surface area contributed by atoms with Crippen LogP contribution in [0.25, 0.3) is 17.1 Å². The van der Waals surface area contributed by atoms with Crippen molar-refractivity contribution in [2.75, 3.05) is 19.5 Å². The number of aromatic nitrogens is 3. The molecule has 0 spiro atoms. The topological polar surface area (TPSA) is 133 Å². The summed E-state index contributed by atoms with van der Waals surface area (Å²) in [4.78, 5) is 23.2. The number of halogens is 1. The Hall–Kier alpha value is -4.35. The largest absolute Gasteiger partial charge is 0.546 e. The number of thioether (sulfide) groups is 1. The number of para-hydroxylation sites is 1. The molecule has 0 radical (unpaired) electrons. The van der Waals surface area contributed by atoms with Crippen LogP contribution in [0.4, 0.5) is 0 Å². The number of ether oxygens (including phenoxy) is 2. The van der Waals surface area contributed by atoms with Crippen LogP contribution in [0.3, 0.4) is 0 Å². The second-order valence-corrected chi connectivity index (χ2v) is 9.05. The van der Waals surface area contributed by atoms with E-state index < -0.39 is 12.6 Å². The minimum atomic E-state index is -1.34. The molecule has 4 aromatic rings. The molecule has 0 saturated heterocycles. The smallest absolute Gasteiger partial charge is 0.342 e. The second kappa shape index (κ2) is 12.7. The predicted molar refractivity (Wildman–Crippen MR) is 141 cm³/mol. The highest BCUT2D eigenvalue weighted by atomic mass is 35.5. The lowest BCUT2D eigenvalue weighted by atomic mass is 10.2. The van der Waals surface area contributed by atoms with Gasteiger partial charge in [-0.1, -0.05) is 23.7 Å². The maximum atomic E-state index is 12.5. The number of H-pyrrole nitrogens is 1. The summed E-state index contributed by atoms with van der Waals surface area (Å²) in [5, 5.41) is 23.3. The molecular weight excluding hydrogens is 530 g/mol.